The number of fused-ring (bicyclic) bond motifs is 1. The number of aromatic nitrogens is 2. The topological polar surface area (TPSA) is 44.1 Å². The molecule has 19 heavy (non-hydrogen) atoms. The number of benzene rings is 1. The summed E-state index contributed by atoms with van der Waals surface area (Å²) in [4.78, 5) is 16.0. The molecule has 4 nitrogen and oxygen atoms in total. The van der Waals surface area contributed by atoms with Gasteiger partial charge in [0.05, 0.1) is 17.6 Å². The number of rotatable bonds is 4. The summed E-state index contributed by atoms with van der Waals surface area (Å²) in [7, 11) is 0. The summed E-state index contributed by atoms with van der Waals surface area (Å²) < 4.78 is 20.1. The molecule has 2 rings (SSSR count). The smallest absolute Gasteiger partial charge is 0.313 e. The second kappa shape index (κ2) is 5.38. The lowest BCUT2D eigenvalue weighted by Gasteiger charge is -2.12. The van der Waals surface area contributed by atoms with Crippen molar-refractivity contribution in [2.45, 2.75) is 33.2 Å². The lowest BCUT2D eigenvalue weighted by Crippen LogP contribution is -2.14. The van der Waals surface area contributed by atoms with Crippen molar-refractivity contribution in [3.05, 3.63) is 29.8 Å². The number of imidazole rings is 1. The molecule has 0 saturated heterocycles. The number of esters is 1. The fourth-order valence-corrected chi connectivity index (χ4v) is 2.16. The second-order valence-electron chi connectivity index (χ2n) is 4.61. The zero-order valence-electron chi connectivity index (χ0n) is 11.3. The van der Waals surface area contributed by atoms with Gasteiger partial charge >= 0.3 is 5.97 Å². The Bertz CT molecular complexity index is 605. The third-order valence-electron chi connectivity index (χ3n) is 2.85. The highest BCUT2D eigenvalue weighted by Gasteiger charge is 2.17. The Morgan fingerprint density at radius 3 is 2.84 bits per heavy atom. The number of hydrogen-bond donors (Lipinski definition) is 0. The SMILES string of the molecule is CCOC(=O)Cc1nc2ccc(F)cc2n1C(C)C. The maximum Gasteiger partial charge on any atom is 0.313 e. The third-order valence-corrected chi connectivity index (χ3v) is 2.85. The van der Waals surface area contributed by atoms with Crippen LogP contribution in [0, 0.1) is 5.82 Å². The first-order valence-electron chi connectivity index (χ1n) is 6.35. The van der Waals surface area contributed by atoms with E-state index in [0.717, 1.165) is 0 Å². The average molecular weight is 264 g/mol. The van der Waals surface area contributed by atoms with Gasteiger partial charge in [-0.05, 0) is 39.0 Å². The van der Waals surface area contributed by atoms with Crippen LogP contribution >= 0.6 is 0 Å². The first-order chi connectivity index (χ1) is 9.02. The molecule has 0 amide bonds. The van der Waals surface area contributed by atoms with E-state index in [1.807, 2.05) is 18.4 Å². The first kappa shape index (κ1) is 13.5. The van der Waals surface area contributed by atoms with Crippen molar-refractivity contribution in [1.29, 1.82) is 0 Å². The molecule has 0 N–H and O–H groups in total. The van der Waals surface area contributed by atoms with Gasteiger partial charge in [-0.1, -0.05) is 0 Å². The fraction of sp³-hybridized carbons (Fsp3) is 0.429. The normalized spacial score (nSPS) is 11.2. The van der Waals surface area contributed by atoms with Crippen LogP contribution in [0.2, 0.25) is 0 Å². The molecule has 1 aromatic heterocycles. The van der Waals surface area contributed by atoms with Gasteiger partial charge in [-0.25, -0.2) is 9.37 Å². The van der Waals surface area contributed by atoms with E-state index >= 15 is 0 Å². The molecule has 0 aliphatic rings. The minimum absolute atomic E-state index is 0.0937. The van der Waals surface area contributed by atoms with Crippen molar-refractivity contribution in [3.63, 3.8) is 0 Å². The number of carbonyl (C=O) groups excluding carboxylic acids is 1. The monoisotopic (exact) mass is 264 g/mol. The van der Waals surface area contributed by atoms with Crippen LogP contribution in [0.25, 0.3) is 11.0 Å². The Kier molecular flexibility index (Phi) is 3.83. The molecule has 0 aliphatic carbocycles. The highest BCUT2D eigenvalue weighted by atomic mass is 19.1. The van der Waals surface area contributed by atoms with Crippen molar-refractivity contribution in [3.8, 4) is 0 Å². The van der Waals surface area contributed by atoms with Crippen LogP contribution in [0.3, 0.4) is 0 Å². The molecule has 0 saturated carbocycles. The fourth-order valence-electron chi connectivity index (χ4n) is 2.16. The molecular weight excluding hydrogens is 247 g/mol. The summed E-state index contributed by atoms with van der Waals surface area (Å²) in [6.45, 7) is 6.05. The maximum absolute atomic E-state index is 13.3. The molecular formula is C14H17FN2O2. The van der Waals surface area contributed by atoms with E-state index in [1.54, 1.807) is 13.0 Å². The molecule has 1 aromatic carbocycles. The Morgan fingerprint density at radius 2 is 2.21 bits per heavy atom. The van der Waals surface area contributed by atoms with Gasteiger partial charge in [0, 0.05) is 6.04 Å². The van der Waals surface area contributed by atoms with Crippen molar-refractivity contribution in [1.82, 2.24) is 9.55 Å². The van der Waals surface area contributed by atoms with E-state index in [1.165, 1.54) is 12.1 Å². The number of hydrogen-bond acceptors (Lipinski definition) is 3. The number of carbonyl (C=O) groups is 1. The van der Waals surface area contributed by atoms with E-state index in [0.29, 0.717) is 23.5 Å². The van der Waals surface area contributed by atoms with Gasteiger partial charge in [-0.15, -0.1) is 0 Å². The van der Waals surface area contributed by atoms with E-state index in [-0.39, 0.29) is 24.2 Å². The molecule has 0 unspecified atom stereocenters. The van der Waals surface area contributed by atoms with Crippen LogP contribution in [0.5, 0.6) is 0 Å². The zero-order chi connectivity index (χ0) is 14.0. The second-order valence-corrected chi connectivity index (χ2v) is 4.61. The molecule has 102 valence electrons. The number of ether oxygens (including phenoxy) is 1. The maximum atomic E-state index is 13.3. The van der Waals surface area contributed by atoms with Gasteiger partial charge in [0.15, 0.2) is 0 Å². The van der Waals surface area contributed by atoms with Crippen LogP contribution in [-0.4, -0.2) is 22.1 Å². The summed E-state index contributed by atoms with van der Waals surface area (Å²) in [5.41, 5.74) is 1.39. The largest absolute Gasteiger partial charge is 0.466 e. The summed E-state index contributed by atoms with van der Waals surface area (Å²) in [5, 5.41) is 0. The average Bonchev–Trinajstić information content (AvgIpc) is 2.66. The molecule has 0 spiro atoms. The third kappa shape index (κ3) is 2.75. The molecule has 0 aliphatic heterocycles. The Hall–Kier alpha value is -1.91. The van der Waals surface area contributed by atoms with Gasteiger partial charge in [-0.3, -0.25) is 4.79 Å². The highest BCUT2D eigenvalue weighted by Crippen LogP contribution is 2.22. The molecule has 0 atom stereocenters. The Balaban J connectivity index is 2.48. The Labute approximate surface area is 111 Å². The number of nitrogens with zero attached hydrogens (tertiary/aromatic N) is 2. The summed E-state index contributed by atoms with van der Waals surface area (Å²) in [6.07, 6.45) is 0.0995. The predicted molar refractivity (Wildman–Crippen MR) is 70.4 cm³/mol. The van der Waals surface area contributed by atoms with Crippen molar-refractivity contribution >= 4 is 17.0 Å². The molecule has 0 radical (unpaired) electrons. The van der Waals surface area contributed by atoms with Crippen molar-refractivity contribution in [2.24, 2.45) is 0 Å². The van der Waals surface area contributed by atoms with Crippen LogP contribution in [0.4, 0.5) is 4.39 Å². The summed E-state index contributed by atoms with van der Waals surface area (Å²) >= 11 is 0. The molecule has 2 aromatic rings. The minimum Gasteiger partial charge on any atom is -0.466 e. The molecule has 1 heterocycles. The molecule has 0 fully saturated rings. The highest BCUT2D eigenvalue weighted by molar-refractivity contribution is 5.78. The van der Waals surface area contributed by atoms with Gasteiger partial charge in [-0.2, -0.15) is 0 Å². The predicted octanol–water partition coefficient (Wildman–Crippen LogP) is 2.86. The molecule has 5 heteroatoms. The van der Waals surface area contributed by atoms with Crippen molar-refractivity contribution < 1.29 is 13.9 Å². The summed E-state index contributed by atoms with van der Waals surface area (Å²) in [5.74, 6) is -0.0220. The van der Waals surface area contributed by atoms with Crippen LogP contribution in [-0.2, 0) is 16.0 Å². The minimum atomic E-state index is -0.319. The standard InChI is InChI=1S/C14H17FN2O2/c1-4-19-14(18)8-13-16-11-6-5-10(15)7-12(11)17(13)9(2)3/h5-7,9H,4,8H2,1-3H3. The van der Waals surface area contributed by atoms with Crippen LogP contribution < -0.4 is 0 Å². The molecule has 0 bridgehead atoms. The van der Waals surface area contributed by atoms with Gasteiger partial charge in [0.2, 0.25) is 0 Å². The van der Waals surface area contributed by atoms with Crippen molar-refractivity contribution in [2.75, 3.05) is 6.61 Å². The van der Waals surface area contributed by atoms with E-state index in [9.17, 15) is 9.18 Å². The van der Waals surface area contributed by atoms with Crippen LogP contribution in [0.15, 0.2) is 18.2 Å². The Morgan fingerprint density at radius 1 is 1.47 bits per heavy atom. The van der Waals surface area contributed by atoms with Crippen LogP contribution in [0.1, 0.15) is 32.6 Å². The van der Waals surface area contributed by atoms with Gasteiger partial charge < -0.3 is 9.30 Å². The zero-order valence-corrected chi connectivity index (χ0v) is 11.3. The van der Waals surface area contributed by atoms with E-state index in [4.69, 9.17) is 4.74 Å². The van der Waals surface area contributed by atoms with E-state index < -0.39 is 0 Å². The quantitative estimate of drug-likeness (QED) is 0.797. The van der Waals surface area contributed by atoms with E-state index in [2.05, 4.69) is 4.98 Å². The lowest BCUT2D eigenvalue weighted by molar-refractivity contribution is -0.142. The lowest BCUT2D eigenvalue weighted by atomic mass is 10.3. The summed E-state index contributed by atoms with van der Waals surface area (Å²) in [6, 6.07) is 4.53. The first-order valence-corrected chi connectivity index (χ1v) is 6.35. The van der Waals surface area contributed by atoms with Gasteiger partial charge in [0.25, 0.3) is 0 Å². The van der Waals surface area contributed by atoms with Gasteiger partial charge in [0.1, 0.15) is 18.1 Å². The number of halogens is 1.